The number of rotatable bonds is 3. The molecule has 2 unspecified atom stereocenters. The van der Waals surface area contributed by atoms with Crippen LogP contribution in [0.25, 0.3) is 0 Å². The maximum absolute atomic E-state index is 11.2. The van der Waals surface area contributed by atoms with Crippen molar-refractivity contribution in [2.45, 2.75) is 39.7 Å². The normalized spacial score (nSPS) is 30.9. The van der Waals surface area contributed by atoms with Crippen LogP contribution in [0.4, 0.5) is 0 Å². The number of hydrogen-bond acceptors (Lipinski definition) is 2. The summed E-state index contributed by atoms with van der Waals surface area (Å²) >= 11 is 0. The molecule has 0 saturated carbocycles. The van der Waals surface area contributed by atoms with Crippen molar-refractivity contribution in [2.75, 3.05) is 13.1 Å². The molecule has 0 spiro atoms. The van der Waals surface area contributed by atoms with Crippen LogP contribution in [0, 0.1) is 5.92 Å². The van der Waals surface area contributed by atoms with Gasteiger partial charge in [-0.3, -0.25) is 9.69 Å². The predicted molar refractivity (Wildman–Crippen MR) is 50.1 cm³/mol. The Kier molecular flexibility index (Phi) is 3.27. The van der Waals surface area contributed by atoms with Crippen LogP contribution in [0.5, 0.6) is 0 Å². The first-order chi connectivity index (χ1) is 5.63. The van der Waals surface area contributed by atoms with Gasteiger partial charge in [0.15, 0.2) is 0 Å². The molecule has 0 aromatic carbocycles. The molecule has 12 heavy (non-hydrogen) atoms. The van der Waals surface area contributed by atoms with Crippen LogP contribution >= 0.6 is 0 Å². The highest BCUT2D eigenvalue weighted by Gasteiger charge is 2.26. The van der Waals surface area contributed by atoms with Crippen molar-refractivity contribution in [1.82, 2.24) is 4.90 Å². The fourth-order valence-electron chi connectivity index (χ4n) is 1.94. The zero-order valence-electron chi connectivity index (χ0n) is 8.34. The highest BCUT2D eigenvalue weighted by atomic mass is 16.1. The Balaban J connectivity index is 2.37. The van der Waals surface area contributed by atoms with Gasteiger partial charge in [0.1, 0.15) is 5.78 Å². The van der Waals surface area contributed by atoms with Crippen molar-refractivity contribution in [3.63, 3.8) is 0 Å². The lowest BCUT2D eigenvalue weighted by Crippen LogP contribution is -2.32. The van der Waals surface area contributed by atoms with Gasteiger partial charge in [-0.1, -0.05) is 13.8 Å². The standard InChI is InChI=1S/C10H19NO/c1-4-10(12)7-11-6-8(2)5-9(11)3/h8-9H,4-7H2,1-3H3. The molecule has 1 aliphatic rings. The molecule has 1 fully saturated rings. The molecule has 1 saturated heterocycles. The molecule has 1 rings (SSSR count). The minimum atomic E-state index is 0.371. The van der Waals surface area contributed by atoms with E-state index in [0.717, 1.165) is 12.5 Å². The lowest BCUT2D eigenvalue weighted by atomic mass is 10.1. The predicted octanol–water partition coefficient (Wildman–Crippen LogP) is 1.70. The quantitative estimate of drug-likeness (QED) is 0.641. The molecule has 1 aliphatic heterocycles. The van der Waals surface area contributed by atoms with Crippen molar-refractivity contribution in [2.24, 2.45) is 5.92 Å². The van der Waals surface area contributed by atoms with Crippen molar-refractivity contribution in [3.05, 3.63) is 0 Å². The molecule has 70 valence electrons. The van der Waals surface area contributed by atoms with Gasteiger partial charge >= 0.3 is 0 Å². The average Bonchev–Trinajstić information content (AvgIpc) is 2.30. The van der Waals surface area contributed by atoms with Gasteiger partial charge in [-0.2, -0.15) is 0 Å². The van der Waals surface area contributed by atoms with E-state index in [9.17, 15) is 4.79 Å². The van der Waals surface area contributed by atoms with E-state index in [2.05, 4.69) is 18.7 Å². The molecular formula is C10H19NO. The lowest BCUT2D eigenvalue weighted by Gasteiger charge is -2.19. The van der Waals surface area contributed by atoms with Gasteiger partial charge in [0.05, 0.1) is 6.54 Å². The summed E-state index contributed by atoms with van der Waals surface area (Å²) in [6.45, 7) is 8.18. The van der Waals surface area contributed by atoms with E-state index in [0.29, 0.717) is 24.8 Å². The van der Waals surface area contributed by atoms with E-state index >= 15 is 0 Å². The number of hydrogen-bond donors (Lipinski definition) is 0. The smallest absolute Gasteiger partial charge is 0.146 e. The third-order valence-corrected chi connectivity index (χ3v) is 2.69. The van der Waals surface area contributed by atoms with Gasteiger partial charge < -0.3 is 0 Å². The Labute approximate surface area is 74.9 Å². The van der Waals surface area contributed by atoms with Gasteiger partial charge in [0.25, 0.3) is 0 Å². The highest BCUT2D eigenvalue weighted by molar-refractivity contribution is 5.80. The second-order valence-corrected chi connectivity index (χ2v) is 4.01. The summed E-state index contributed by atoms with van der Waals surface area (Å²) in [7, 11) is 0. The number of likely N-dealkylation sites (tertiary alicyclic amines) is 1. The van der Waals surface area contributed by atoms with E-state index in [4.69, 9.17) is 0 Å². The number of nitrogens with zero attached hydrogens (tertiary/aromatic N) is 1. The SMILES string of the molecule is CCC(=O)CN1CC(C)CC1C. The fourth-order valence-corrected chi connectivity index (χ4v) is 1.94. The second kappa shape index (κ2) is 4.04. The molecule has 0 N–H and O–H groups in total. The van der Waals surface area contributed by atoms with Gasteiger partial charge in [-0.25, -0.2) is 0 Å². The summed E-state index contributed by atoms with van der Waals surface area (Å²) in [5, 5.41) is 0. The average molecular weight is 169 g/mol. The summed E-state index contributed by atoms with van der Waals surface area (Å²) in [5.74, 6) is 1.14. The minimum absolute atomic E-state index is 0.371. The van der Waals surface area contributed by atoms with Crippen molar-refractivity contribution in [3.8, 4) is 0 Å². The summed E-state index contributed by atoms with van der Waals surface area (Å²) in [4.78, 5) is 13.5. The van der Waals surface area contributed by atoms with Gasteiger partial charge in [0, 0.05) is 19.0 Å². The number of carbonyl (C=O) groups is 1. The molecule has 0 aromatic rings. The zero-order chi connectivity index (χ0) is 9.14. The Morgan fingerprint density at radius 3 is 2.58 bits per heavy atom. The molecule has 0 aromatic heterocycles. The first-order valence-corrected chi connectivity index (χ1v) is 4.89. The molecule has 2 heteroatoms. The molecule has 1 heterocycles. The van der Waals surface area contributed by atoms with Crippen LogP contribution in [0.15, 0.2) is 0 Å². The van der Waals surface area contributed by atoms with Gasteiger partial charge in [-0.15, -0.1) is 0 Å². The molecule has 2 atom stereocenters. The van der Waals surface area contributed by atoms with Crippen LogP contribution in [0.1, 0.15) is 33.6 Å². The number of ketones is 1. The second-order valence-electron chi connectivity index (χ2n) is 4.01. The molecule has 0 aliphatic carbocycles. The molecule has 2 nitrogen and oxygen atoms in total. The van der Waals surface area contributed by atoms with E-state index < -0.39 is 0 Å². The highest BCUT2D eigenvalue weighted by Crippen LogP contribution is 2.21. The molecule has 0 bridgehead atoms. The van der Waals surface area contributed by atoms with Gasteiger partial charge in [-0.05, 0) is 19.3 Å². The maximum atomic E-state index is 11.2. The minimum Gasteiger partial charge on any atom is -0.298 e. The monoisotopic (exact) mass is 169 g/mol. The Bertz CT molecular complexity index is 167. The lowest BCUT2D eigenvalue weighted by molar-refractivity contribution is -0.120. The van der Waals surface area contributed by atoms with E-state index in [1.54, 1.807) is 0 Å². The van der Waals surface area contributed by atoms with Gasteiger partial charge in [0.2, 0.25) is 0 Å². The number of Topliss-reactive ketones (excluding diaryl/α,β-unsaturated/α-hetero) is 1. The Hall–Kier alpha value is -0.370. The summed E-state index contributed by atoms with van der Waals surface area (Å²) in [5.41, 5.74) is 0. The number of carbonyl (C=O) groups excluding carboxylic acids is 1. The van der Waals surface area contributed by atoms with Crippen LogP contribution < -0.4 is 0 Å². The Morgan fingerprint density at radius 2 is 2.17 bits per heavy atom. The van der Waals surface area contributed by atoms with E-state index in [1.165, 1.54) is 6.42 Å². The fraction of sp³-hybridized carbons (Fsp3) is 0.900. The first kappa shape index (κ1) is 9.72. The van der Waals surface area contributed by atoms with Crippen molar-refractivity contribution in [1.29, 1.82) is 0 Å². The first-order valence-electron chi connectivity index (χ1n) is 4.89. The summed E-state index contributed by atoms with van der Waals surface area (Å²) in [6, 6.07) is 0.607. The summed E-state index contributed by atoms with van der Waals surface area (Å²) in [6.07, 6.45) is 1.93. The topological polar surface area (TPSA) is 20.3 Å². The van der Waals surface area contributed by atoms with E-state index in [1.807, 2.05) is 6.92 Å². The Morgan fingerprint density at radius 1 is 1.50 bits per heavy atom. The van der Waals surface area contributed by atoms with Crippen LogP contribution in [-0.4, -0.2) is 29.8 Å². The third-order valence-electron chi connectivity index (χ3n) is 2.69. The van der Waals surface area contributed by atoms with Crippen LogP contribution in [-0.2, 0) is 4.79 Å². The van der Waals surface area contributed by atoms with E-state index in [-0.39, 0.29) is 0 Å². The van der Waals surface area contributed by atoms with Crippen molar-refractivity contribution >= 4 is 5.78 Å². The van der Waals surface area contributed by atoms with Crippen molar-refractivity contribution < 1.29 is 4.79 Å². The largest absolute Gasteiger partial charge is 0.298 e. The molecule has 0 amide bonds. The summed E-state index contributed by atoms with van der Waals surface area (Å²) < 4.78 is 0. The maximum Gasteiger partial charge on any atom is 0.146 e. The zero-order valence-corrected chi connectivity index (χ0v) is 8.34. The molecular weight excluding hydrogens is 150 g/mol. The van der Waals surface area contributed by atoms with Crippen LogP contribution in [0.3, 0.4) is 0 Å². The molecule has 0 radical (unpaired) electrons. The van der Waals surface area contributed by atoms with Crippen LogP contribution in [0.2, 0.25) is 0 Å². The third kappa shape index (κ3) is 2.31.